The smallest absolute Gasteiger partial charge is 0.312 e. The van der Waals surface area contributed by atoms with Crippen LogP contribution in [0.25, 0.3) is 0 Å². The maximum Gasteiger partial charge on any atom is 0.324 e. The monoisotopic (exact) mass is 252 g/mol. The van der Waals surface area contributed by atoms with Gasteiger partial charge in [0.25, 0.3) is 0 Å². The Morgan fingerprint density at radius 1 is 1.47 bits per heavy atom. The van der Waals surface area contributed by atoms with Crippen molar-refractivity contribution in [3.05, 3.63) is 38.8 Å². The molecule has 1 aromatic heterocycles. The van der Waals surface area contributed by atoms with Crippen molar-refractivity contribution in [1.82, 2.24) is 5.32 Å². The summed E-state index contributed by atoms with van der Waals surface area (Å²) < 4.78 is 0. The first-order chi connectivity index (χ1) is 8.25. The summed E-state index contributed by atoms with van der Waals surface area (Å²) in [7, 11) is 0. The van der Waals surface area contributed by atoms with Gasteiger partial charge in [-0.3, -0.25) is 10.1 Å². The van der Waals surface area contributed by atoms with Crippen molar-refractivity contribution in [2.24, 2.45) is 0 Å². The van der Waals surface area contributed by atoms with Crippen LogP contribution in [0.3, 0.4) is 0 Å². The average Bonchev–Trinajstić information content (AvgIpc) is 2.96. The summed E-state index contributed by atoms with van der Waals surface area (Å²) >= 11 is 1.25. The van der Waals surface area contributed by atoms with Gasteiger partial charge in [-0.2, -0.15) is 0 Å². The number of nitrogens with zero attached hydrogens (tertiary/aromatic N) is 1. The molecule has 0 aliphatic heterocycles. The lowest BCUT2D eigenvalue weighted by molar-refractivity contribution is -0.380. The van der Waals surface area contributed by atoms with Crippen LogP contribution in [0.5, 0.6) is 0 Å². The normalized spacial score (nSPS) is 14.9. The Balaban J connectivity index is 1.68. The van der Waals surface area contributed by atoms with Gasteiger partial charge in [0.2, 0.25) is 0 Å². The molecule has 1 heterocycles. The third kappa shape index (κ3) is 3.64. The number of hydrogen-bond donors (Lipinski definition) is 1. The van der Waals surface area contributed by atoms with Gasteiger partial charge in [0.15, 0.2) is 0 Å². The summed E-state index contributed by atoms with van der Waals surface area (Å²) in [5.74, 6) is 0. The van der Waals surface area contributed by atoms with E-state index < -0.39 is 0 Å². The van der Waals surface area contributed by atoms with Gasteiger partial charge in [-0.15, -0.1) is 0 Å². The highest BCUT2D eigenvalue weighted by molar-refractivity contribution is 7.15. The fourth-order valence-electron chi connectivity index (χ4n) is 1.98. The summed E-state index contributed by atoms with van der Waals surface area (Å²) in [6, 6.07) is 3.39. The molecule has 92 valence electrons. The minimum atomic E-state index is -0.336. The highest BCUT2D eigenvalue weighted by atomic mass is 32.1. The van der Waals surface area contributed by atoms with Gasteiger partial charge < -0.3 is 5.32 Å². The molecule has 5 heteroatoms. The van der Waals surface area contributed by atoms with Crippen molar-refractivity contribution in [2.75, 3.05) is 6.54 Å². The third-order valence-corrected chi connectivity index (χ3v) is 3.92. The van der Waals surface area contributed by atoms with E-state index >= 15 is 0 Å². The topological polar surface area (TPSA) is 55.2 Å². The first-order valence-electron chi connectivity index (χ1n) is 5.87. The third-order valence-electron chi connectivity index (χ3n) is 2.88. The first kappa shape index (κ1) is 12.3. The van der Waals surface area contributed by atoms with Gasteiger partial charge in [0.1, 0.15) is 0 Å². The van der Waals surface area contributed by atoms with E-state index in [1.54, 1.807) is 11.6 Å². The van der Waals surface area contributed by atoms with Crippen LogP contribution in [-0.2, 0) is 6.54 Å². The summed E-state index contributed by atoms with van der Waals surface area (Å²) in [5, 5.41) is 14.1. The van der Waals surface area contributed by atoms with E-state index in [9.17, 15) is 10.1 Å². The number of rotatable bonds is 6. The zero-order valence-corrected chi connectivity index (χ0v) is 10.5. The Labute approximate surface area is 104 Å². The number of allylic oxidation sites excluding steroid dienone is 1. The van der Waals surface area contributed by atoms with E-state index in [1.807, 2.05) is 6.07 Å². The zero-order chi connectivity index (χ0) is 12.1. The lowest BCUT2D eigenvalue weighted by atomic mass is 10.2. The fourth-order valence-corrected chi connectivity index (χ4v) is 2.77. The Morgan fingerprint density at radius 3 is 3.00 bits per heavy atom. The van der Waals surface area contributed by atoms with Crippen LogP contribution >= 0.6 is 11.3 Å². The predicted octanol–water partition coefficient (Wildman–Crippen LogP) is 3.25. The molecule has 17 heavy (non-hydrogen) atoms. The Hall–Kier alpha value is -1.20. The molecule has 0 amide bonds. The lowest BCUT2D eigenvalue weighted by Gasteiger charge is -2.03. The van der Waals surface area contributed by atoms with Crippen molar-refractivity contribution < 1.29 is 4.92 Å². The SMILES string of the molecule is O=[N+]([O-])c1ccc(CNCCC2=CCCC2)s1. The molecule has 2 rings (SSSR count). The molecule has 0 aromatic carbocycles. The molecule has 0 saturated heterocycles. The number of nitro groups is 1. The van der Waals surface area contributed by atoms with E-state index in [4.69, 9.17) is 0 Å². The highest BCUT2D eigenvalue weighted by Crippen LogP contribution is 2.24. The Bertz CT molecular complexity index is 426. The van der Waals surface area contributed by atoms with Crippen molar-refractivity contribution in [3.8, 4) is 0 Å². The lowest BCUT2D eigenvalue weighted by Crippen LogP contribution is -2.14. The van der Waals surface area contributed by atoms with E-state index in [1.165, 1.54) is 30.6 Å². The molecule has 0 bridgehead atoms. The fraction of sp³-hybridized carbons (Fsp3) is 0.500. The van der Waals surface area contributed by atoms with E-state index in [0.29, 0.717) is 0 Å². The zero-order valence-electron chi connectivity index (χ0n) is 9.65. The van der Waals surface area contributed by atoms with Crippen LogP contribution in [0.15, 0.2) is 23.8 Å². The van der Waals surface area contributed by atoms with Gasteiger partial charge in [0, 0.05) is 17.5 Å². The molecule has 1 aromatic rings. The van der Waals surface area contributed by atoms with Gasteiger partial charge in [-0.1, -0.05) is 23.0 Å². The second-order valence-corrected chi connectivity index (χ2v) is 5.33. The second-order valence-electron chi connectivity index (χ2n) is 4.18. The maximum absolute atomic E-state index is 10.5. The molecular weight excluding hydrogens is 236 g/mol. The van der Waals surface area contributed by atoms with Crippen molar-refractivity contribution in [1.29, 1.82) is 0 Å². The van der Waals surface area contributed by atoms with Crippen LogP contribution in [0.1, 0.15) is 30.6 Å². The second kappa shape index (κ2) is 5.93. The molecule has 0 saturated carbocycles. The quantitative estimate of drug-likeness (QED) is 0.366. The minimum Gasteiger partial charge on any atom is -0.312 e. The minimum absolute atomic E-state index is 0.223. The van der Waals surface area contributed by atoms with Gasteiger partial charge in [-0.25, -0.2) is 0 Å². The van der Waals surface area contributed by atoms with Gasteiger partial charge in [-0.05, 0) is 38.3 Å². The van der Waals surface area contributed by atoms with Crippen LogP contribution in [0.2, 0.25) is 0 Å². The van der Waals surface area contributed by atoms with Gasteiger partial charge in [0.05, 0.1) is 4.92 Å². The number of thiophene rings is 1. The van der Waals surface area contributed by atoms with Crippen LogP contribution in [0.4, 0.5) is 5.00 Å². The van der Waals surface area contributed by atoms with Crippen LogP contribution in [0, 0.1) is 10.1 Å². The molecule has 1 aliphatic carbocycles. The molecule has 0 atom stereocenters. The molecule has 0 spiro atoms. The molecular formula is C12H16N2O2S. The molecule has 0 radical (unpaired) electrons. The predicted molar refractivity (Wildman–Crippen MR) is 69.2 cm³/mol. The molecule has 0 unspecified atom stereocenters. The van der Waals surface area contributed by atoms with Crippen molar-refractivity contribution in [3.63, 3.8) is 0 Å². The first-order valence-corrected chi connectivity index (χ1v) is 6.69. The molecule has 4 nitrogen and oxygen atoms in total. The average molecular weight is 252 g/mol. The van der Waals surface area contributed by atoms with Crippen LogP contribution in [-0.4, -0.2) is 11.5 Å². The van der Waals surface area contributed by atoms with Crippen LogP contribution < -0.4 is 5.32 Å². The molecule has 1 aliphatic rings. The summed E-state index contributed by atoms with van der Waals surface area (Å²) in [4.78, 5) is 11.2. The van der Waals surface area contributed by atoms with Gasteiger partial charge >= 0.3 is 5.00 Å². The van der Waals surface area contributed by atoms with E-state index in [-0.39, 0.29) is 9.92 Å². The largest absolute Gasteiger partial charge is 0.324 e. The molecule has 0 fully saturated rings. The van der Waals surface area contributed by atoms with E-state index in [0.717, 1.165) is 24.4 Å². The Morgan fingerprint density at radius 2 is 2.35 bits per heavy atom. The Kier molecular flexibility index (Phi) is 4.28. The standard InChI is InChI=1S/C12H16N2O2S/c15-14(16)12-6-5-11(17-12)9-13-8-7-10-3-1-2-4-10/h3,5-6,13H,1-2,4,7-9H2. The summed E-state index contributed by atoms with van der Waals surface area (Å²) in [6.07, 6.45) is 7.20. The maximum atomic E-state index is 10.5. The summed E-state index contributed by atoms with van der Waals surface area (Å²) in [6.45, 7) is 1.68. The van der Waals surface area contributed by atoms with E-state index in [2.05, 4.69) is 11.4 Å². The van der Waals surface area contributed by atoms with Crippen molar-refractivity contribution in [2.45, 2.75) is 32.2 Å². The van der Waals surface area contributed by atoms with Crippen molar-refractivity contribution >= 4 is 16.3 Å². The summed E-state index contributed by atoms with van der Waals surface area (Å²) in [5.41, 5.74) is 1.55. The number of hydrogen-bond acceptors (Lipinski definition) is 4. The highest BCUT2D eigenvalue weighted by Gasteiger charge is 2.09. The molecule has 1 N–H and O–H groups in total. The number of nitrogens with one attached hydrogen (secondary N) is 1.